The Morgan fingerprint density at radius 2 is 1.52 bits per heavy atom. The van der Waals surface area contributed by atoms with Crippen LogP contribution in [0, 0.1) is 0 Å². The molecule has 12 heteroatoms. The van der Waals surface area contributed by atoms with Gasteiger partial charge in [0.25, 0.3) is 0 Å². The molecule has 1 fully saturated rings. The molecule has 0 atom stereocenters. The molecule has 4 aromatic rings. The van der Waals surface area contributed by atoms with Gasteiger partial charge < -0.3 is 10.2 Å². The summed E-state index contributed by atoms with van der Waals surface area (Å²) in [4.78, 5) is 29.9. The lowest BCUT2D eigenvalue weighted by Gasteiger charge is -2.33. The van der Waals surface area contributed by atoms with Crippen LogP contribution in [0.1, 0.15) is 5.56 Å². The van der Waals surface area contributed by atoms with Crippen LogP contribution in [0.3, 0.4) is 0 Å². The number of rotatable bonds is 5. The number of anilines is 1. The van der Waals surface area contributed by atoms with E-state index in [1.807, 2.05) is 54.6 Å². The van der Waals surface area contributed by atoms with Gasteiger partial charge in [0, 0.05) is 31.7 Å². The summed E-state index contributed by atoms with van der Waals surface area (Å²) in [6, 6.07) is 20.2. The molecule has 0 radical (unpaired) electrons. The van der Waals surface area contributed by atoms with Gasteiger partial charge in [-0.25, -0.2) is 4.79 Å². The van der Waals surface area contributed by atoms with Crippen molar-refractivity contribution in [3.63, 3.8) is 0 Å². The molecule has 0 unspecified atom stereocenters. The van der Waals surface area contributed by atoms with Gasteiger partial charge in [-0.15, -0.1) is 5.10 Å². The molecule has 0 bridgehead atoms. The highest BCUT2D eigenvalue weighted by molar-refractivity contribution is 6.33. The van der Waals surface area contributed by atoms with Crippen molar-refractivity contribution in [2.45, 2.75) is 6.18 Å². The molecule has 1 aliphatic heterocycles. The number of alkyl halides is 3. The number of halogens is 4. The third-order valence-electron chi connectivity index (χ3n) is 6.53. The van der Waals surface area contributed by atoms with E-state index < -0.39 is 17.6 Å². The summed E-state index contributed by atoms with van der Waals surface area (Å²) in [6.45, 7) is 1.39. The Morgan fingerprint density at radius 3 is 2.20 bits per heavy atom. The second kappa shape index (κ2) is 11.5. The summed E-state index contributed by atoms with van der Waals surface area (Å²) in [7, 11) is 0. The Morgan fingerprint density at radius 1 is 0.875 bits per heavy atom. The van der Waals surface area contributed by atoms with Crippen LogP contribution in [0.5, 0.6) is 0 Å². The molecule has 0 saturated carbocycles. The number of carbonyl (C=O) groups is 2. The number of piperazine rings is 1. The monoisotopic (exact) mass is 568 g/mol. The zero-order valence-electron chi connectivity index (χ0n) is 21.1. The van der Waals surface area contributed by atoms with Gasteiger partial charge in [-0.1, -0.05) is 71.0 Å². The van der Waals surface area contributed by atoms with E-state index in [-0.39, 0.29) is 23.3 Å². The van der Waals surface area contributed by atoms with Crippen molar-refractivity contribution in [2.75, 3.05) is 38.0 Å². The van der Waals surface area contributed by atoms with Crippen molar-refractivity contribution in [3.8, 4) is 22.4 Å². The zero-order valence-corrected chi connectivity index (χ0v) is 21.9. The highest BCUT2D eigenvalue weighted by atomic mass is 35.5. The van der Waals surface area contributed by atoms with E-state index in [4.69, 9.17) is 11.6 Å². The summed E-state index contributed by atoms with van der Waals surface area (Å²) in [5.41, 5.74) is 2.55. The number of hydrogen-bond acceptors (Lipinski definition) is 5. The Balaban J connectivity index is 1.14. The van der Waals surface area contributed by atoms with Crippen LogP contribution in [-0.2, 0) is 11.0 Å². The quantitative estimate of drug-likeness (QED) is 0.343. The van der Waals surface area contributed by atoms with Crippen LogP contribution < -0.4 is 5.32 Å². The molecular weight excluding hydrogens is 545 g/mol. The lowest BCUT2D eigenvalue weighted by atomic mass is 10.0. The van der Waals surface area contributed by atoms with Crippen LogP contribution in [-0.4, -0.2) is 69.5 Å². The number of hydrogen-bond donors (Lipinski definition) is 1. The lowest BCUT2D eigenvalue weighted by Crippen LogP contribution is -2.51. The molecular formula is C28H24ClF3N6O2. The SMILES string of the molecule is O=C(CN1CCN(C(=O)n2ncc(-c3ccc(-c4ccccc4)cc3)n2)CC1)Nc1cc(C(F)(F)F)ccc1Cl. The highest BCUT2D eigenvalue weighted by Crippen LogP contribution is 2.33. The van der Waals surface area contributed by atoms with Crippen molar-refractivity contribution < 1.29 is 22.8 Å². The molecule has 40 heavy (non-hydrogen) atoms. The van der Waals surface area contributed by atoms with Gasteiger partial charge in [0.15, 0.2) is 0 Å². The number of amides is 2. The van der Waals surface area contributed by atoms with E-state index in [0.29, 0.717) is 31.9 Å². The maximum absolute atomic E-state index is 13.0. The first-order chi connectivity index (χ1) is 19.2. The molecule has 1 aromatic heterocycles. The summed E-state index contributed by atoms with van der Waals surface area (Å²) >= 11 is 5.96. The summed E-state index contributed by atoms with van der Waals surface area (Å²) in [5, 5.41) is 10.9. The van der Waals surface area contributed by atoms with Crippen molar-refractivity contribution >= 4 is 29.2 Å². The molecule has 2 amide bonds. The molecule has 2 heterocycles. The molecule has 1 aliphatic rings. The third-order valence-corrected chi connectivity index (χ3v) is 6.86. The van der Waals surface area contributed by atoms with Gasteiger partial charge in [0.2, 0.25) is 5.91 Å². The predicted molar refractivity (Wildman–Crippen MR) is 145 cm³/mol. The van der Waals surface area contributed by atoms with Gasteiger partial charge in [-0.2, -0.15) is 18.3 Å². The number of carbonyl (C=O) groups excluding carboxylic acids is 2. The molecule has 0 spiro atoms. The van der Waals surface area contributed by atoms with Gasteiger partial charge in [-0.05, 0) is 29.3 Å². The van der Waals surface area contributed by atoms with Crippen LogP contribution in [0.15, 0.2) is 79.0 Å². The maximum Gasteiger partial charge on any atom is 0.416 e. The van der Waals surface area contributed by atoms with Gasteiger partial charge >= 0.3 is 12.2 Å². The Hall–Kier alpha value is -4.22. The minimum absolute atomic E-state index is 0.00926. The van der Waals surface area contributed by atoms with Crippen molar-refractivity contribution in [1.82, 2.24) is 24.8 Å². The first-order valence-corrected chi connectivity index (χ1v) is 12.8. The van der Waals surface area contributed by atoms with Crippen molar-refractivity contribution in [1.29, 1.82) is 0 Å². The minimum atomic E-state index is -4.55. The summed E-state index contributed by atoms with van der Waals surface area (Å²) < 4.78 is 39.0. The summed E-state index contributed by atoms with van der Waals surface area (Å²) in [5.74, 6) is -0.502. The first-order valence-electron chi connectivity index (χ1n) is 12.4. The van der Waals surface area contributed by atoms with Crippen LogP contribution in [0.2, 0.25) is 5.02 Å². The standard InChI is InChI=1S/C28H24ClF3N6O2/c29-23-11-10-22(28(30,31)32)16-24(23)34-26(39)18-36-12-14-37(15-13-36)27(40)38-33-17-25(35-38)21-8-6-20(7-9-21)19-4-2-1-3-5-19/h1-11,16-17H,12-15,18H2,(H,34,39). The summed E-state index contributed by atoms with van der Waals surface area (Å²) in [6.07, 6.45) is -3.01. The van der Waals surface area contributed by atoms with Crippen molar-refractivity contribution in [3.05, 3.63) is 89.6 Å². The Bertz CT molecular complexity index is 1500. The van der Waals surface area contributed by atoms with Crippen LogP contribution in [0.25, 0.3) is 22.4 Å². The molecule has 5 rings (SSSR count). The molecule has 1 saturated heterocycles. The average molecular weight is 569 g/mol. The molecule has 3 aromatic carbocycles. The third kappa shape index (κ3) is 6.32. The molecule has 206 valence electrons. The fourth-order valence-electron chi connectivity index (χ4n) is 4.37. The van der Waals surface area contributed by atoms with E-state index in [0.717, 1.165) is 39.7 Å². The van der Waals surface area contributed by atoms with E-state index in [9.17, 15) is 22.8 Å². The number of nitrogens with one attached hydrogen (secondary N) is 1. The largest absolute Gasteiger partial charge is 0.416 e. The Kier molecular flexibility index (Phi) is 7.85. The topological polar surface area (TPSA) is 83.4 Å². The fraction of sp³-hybridized carbons (Fsp3) is 0.214. The lowest BCUT2D eigenvalue weighted by molar-refractivity contribution is -0.137. The number of benzene rings is 3. The predicted octanol–water partition coefficient (Wildman–Crippen LogP) is 5.51. The van der Waals surface area contributed by atoms with Gasteiger partial charge in [0.05, 0.1) is 29.0 Å². The average Bonchev–Trinajstić information content (AvgIpc) is 3.45. The smallest absolute Gasteiger partial charge is 0.324 e. The van der Waals surface area contributed by atoms with E-state index in [1.54, 1.807) is 9.80 Å². The maximum atomic E-state index is 13.0. The van der Waals surface area contributed by atoms with Gasteiger partial charge in [-0.3, -0.25) is 9.69 Å². The van der Waals surface area contributed by atoms with Crippen LogP contribution >= 0.6 is 11.6 Å². The Labute approximate surface area is 233 Å². The number of aromatic nitrogens is 3. The van der Waals surface area contributed by atoms with Crippen molar-refractivity contribution in [2.24, 2.45) is 0 Å². The van der Waals surface area contributed by atoms with E-state index in [2.05, 4.69) is 15.5 Å². The first kappa shape index (κ1) is 27.4. The number of nitrogens with zero attached hydrogens (tertiary/aromatic N) is 5. The fourth-order valence-corrected chi connectivity index (χ4v) is 4.53. The molecule has 1 N–H and O–H groups in total. The van der Waals surface area contributed by atoms with Crippen LogP contribution in [0.4, 0.5) is 23.7 Å². The van der Waals surface area contributed by atoms with E-state index >= 15 is 0 Å². The highest BCUT2D eigenvalue weighted by Gasteiger charge is 2.31. The van der Waals surface area contributed by atoms with Gasteiger partial charge in [0.1, 0.15) is 5.69 Å². The zero-order chi connectivity index (χ0) is 28.3. The van der Waals surface area contributed by atoms with E-state index in [1.165, 1.54) is 6.20 Å². The second-order valence-electron chi connectivity index (χ2n) is 9.25. The normalized spacial score (nSPS) is 14.2. The molecule has 0 aliphatic carbocycles. The minimum Gasteiger partial charge on any atom is -0.324 e. The second-order valence-corrected chi connectivity index (χ2v) is 9.66. The molecule has 8 nitrogen and oxygen atoms in total.